The van der Waals surface area contributed by atoms with Crippen molar-refractivity contribution in [1.29, 1.82) is 0 Å². The molecular weight excluding hydrogens is 312 g/mol. The van der Waals surface area contributed by atoms with Crippen LogP contribution in [0.1, 0.15) is 26.7 Å². The molecule has 0 spiro atoms. The summed E-state index contributed by atoms with van der Waals surface area (Å²) in [5, 5.41) is -0.476. The predicted molar refractivity (Wildman–Crippen MR) is 74.1 cm³/mol. The van der Waals surface area contributed by atoms with Gasteiger partial charge in [0.05, 0.1) is 5.25 Å². The Morgan fingerprint density at radius 2 is 2.05 bits per heavy atom. The van der Waals surface area contributed by atoms with E-state index in [1.165, 1.54) is 6.92 Å². The molecule has 0 radical (unpaired) electrons. The first kappa shape index (κ1) is 15.5. The molecule has 0 N–H and O–H groups in total. The molecule has 0 aromatic heterocycles. The summed E-state index contributed by atoms with van der Waals surface area (Å²) in [4.78, 5) is 23.2. The summed E-state index contributed by atoms with van der Waals surface area (Å²) in [5.41, 5.74) is -0.802. The Balaban J connectivity index is 1.67. The summed E-state index contributed by atoms with van der Waals surface area (Å²) < 4.78 is 39.2. The molecule has 3 fully saturated rings. The molecular formula is C14H18O7S. The van der Waals surface area contributed by atoms with E-state index in [1.54, 1.807) is 6.92 Å². The van der Waals surface area contributed by atoms with Gasteiger partial charge in [0.1, 0.15) is 11.7 Å². The monoisotopic (exact) mass is 330 g/mol. The quantitative estimate of drug-likeness (QED) is 0.422. The van der Waals surface area contributed by atoms with Crippen LogP contribution >= 0.6 is 0 Å². The van der Waals surface area contributed by atoms with Crippen LogP contribution < -0.4 is 0 Å². The first-order chi connectivity index (χ1) is 10.1. The first-order valence-electron chi connectivity index (χ1n) is 7.11. The van der Waals surface area contributed by atoms with E-state index in [-0.39, 0.29) is 17.4 Å². The minimum absolute atomic E-state index is 0.0504. The zero-order valence-corrected chi connectivity index (χ0v) is 13.2. The molecule has 7 nitrogen and oxygen atoms in total. The van der Waals surface area contributed by atoms with Gasteiger partial charge in [0.25, 0.3) is 10.1 Å². The average Bonchev–Trinajstić information content (AvgIpc) is 3.00. The highest BCUT2D eigenvalue weighted by Gasteiger charge is 2.70. The zero-order chi connectivity index (χ0) is 16.3. The highest BCUT2D eigenvalue weighted by atomic mass is 32.2. The van der Waals surface area contributed by atoms with E-state index in [9.17, 15) is 18.0 Å². The Hall–Kier alpha value is -1.41. The van der Waals surface area contributed by atoms with Crippen molar-refractivity contribution in [2.45, 2.75) is 43.6 Å². The Morgan fingerprint density at radius 1 is 1.36 bits per heavy atom. The Kier molecular flexibility index (Phi) is 3.37. The first-order valence-corrected chi connectivity index (χ1v) is 8.59. The summed E-state index contributed by atoms with van der Waals surface area (Å²) >= 11 is 0. The molecule has 0 amide bonds. The van der Waals surface area contributed by atoms with Crippen molar-refractivity contribution < 1.29 is 31.7 Å². The summed E-state index contributed by atoms with van der Waals surface area (Å²) in [6, 6.07) is 0. The molecule has 4 unspecified atom stereocenters. The lowest BCUT2D eigenvalue weighted by molar-refractivity contribution is -0.179. The normalized spacial score (nSPS) is 40.5. The minimum atomic E-state index is -3.56. The van der Waals surface area contributed by atoms with Gasteiger partial charge < -0.3 is 9.47 Å². The number of fused-ring (bicyclic) bond motifs is 1. The van der Waals surface area contributed by atoms with Gasteiger partial charge in [-0.25, -0.2) is 9.59 Å². The third-order valence-electron chi connectivity index (χ3n) is 4.93. The largest absolute Gasteiger partial charge is 0.454 e. The van der Waals surface area contributed by atoms with Crippen molar-refractivity contribution in [2.75, 3.05) is 6.61 Å². The molecule has 2 aliphatic carbocycles. The second kappa shape index (κ2) is 4.79. The van der Waals surface area contributed by atoms with Gasteiger partial charge in [-0.1, -0.05) is 6.58 Å². The van der Waals surface area contributed by atoms with Crippen LogP contribution in [0.15, 0.2) is 12.2 Å². The van der Waals surface area contributed by atoms with Gasteiger partial charge in [-0.3, -0.25) is 4.18 Å². The van der Waals surface area contributed by atoms with Gasteiger partial charge in [0.15, 0.2) is 6.61 Å². The predicted octanol–water partition coefficient (Wildman–Crippen LogP) is 0.545. The highest BCUT2D eigenvalue weighted by Crippen LogP contribution is 2.60. The maximum absolute atomic E-state index is 11.9. The van der Waals surface area contributed by atoms with Crippen molar-refractivity contribution in [3.8, 4) is 0 Å². The van der Waals surface area contributed by atoms with E-state index in [0.29, 0.717) is 12.8 Å². The zero-order valence-electron chi connectivity index (χ0n) is 12.4. The average molecular weight is 330 g/mol. The Bertz CT molecular complexity index is 652. The lowest BCUT2D eigenvalue weighted by atomic mass is 9.83. The fourth-order valence-corrected chi connectivity index (χ4v) is 5.77. The smallest absolute Gasteiger partial charge is 0.344 e. The molecule has 0 aromatic carbocycles. The van der Waals surface area contributed by atoms with Crippen LogP contribution in [-0.4, -0.2) is 43.9 Å². The van der Waals surface area contributed by atoms with E-state index in [2.05, 4.69) is 6.58 Å². The maximum atomic E-state index is 11.9. The fourth-order valence-electron chi connectivity index (χ4n) is 3.85. The molecule has 5 atom stereocenters. The minimum Gasteiger partial charge on any atom is -0.454 e. The van der Waals surface area contributed by atoms with E-state index in [4.69, 9.17) is 13.7 Å². The van der Waals surface area contributed by atoms with Crippen LogP contribution in [0.2, 0.25) is 0 Å². The van der Waals surface area contributed by atoms with E-state index in [0.717, 1.165) is 0 Å². The molecule has 22 heavy (non-hydrogen) atoms. The van der Waals surface area contributed by atoms with Gasteiger partial charge in [-0.15, -0.1) is 0 Å². The van der Waals surface area contributed by atoms with Crippen molar-refractivity contribution in [3.05, 3.63) is 12.2 Å². The third-order valence-corrected chi connectivity index (χ3v) is 6.69. The molecule has 2 bridgehead atoms. The van der Waals surface area contributed by atoms with Crippen LogP contribution in [0, 0.1) is 11.8 Å². The van der Waals surface area contributed by atoms with Gasteiger partial charge in [0, 0.05) is 17.4 Å². The molecule has 1 saturated heterocycles. The van der Waals surface area contributed by atoms with Gasteiger partial charge >= 0.3 is 11.9 Å². The van der Waals surface area contributed by atoms with Crippen LogP contribution in [0.4, 0.5) is 0 Å². The molecule has 8 heteroatoms. The highest BCUT2D eigenvalue weighted by molar-refractivity contribution is 7.87. The summed E-state index contributed by atoms with van der Waals surface area (Å²) in [7, 11) is -3.56. The van der Waals surface area contributed by atoms with Gasteiger partial charge in [-0.2, -0.15) is 8.42 Å². The van der Waals surface area contributed by atoms with Crippen molar-refractivity contribution in [3.63, 3.8) is 0 Å². The van der Waals surface area contributed by atoms with Crippen molar-refractivity contribution in [2.24, 2.45) is 11.8 Å². The molecule has 1 aliphatic heterocycles. The molecule has 3 aliphatic rings. The lowest BCUT2D eigenvalue weighted by Gasteiger charge is -2.35. The molecule has 0 aromatic rings. The lowest BCUT2D eigenvalue weighted by Crippen LogP contribution is -2.49. The number of hydrogen-bond donors (Lipinski definition) is 0. The van der Waals surface area contributed by atoms with E-state index >= 15 is 0 Å². The van der Waals surface area contributed by atoms with E-state index < -0.39 is 45.6 Å². The van der Waals surface area contributed by atoms with Crippen LogP contribution in [0.5, 0.6) is 0 Å². The number of rotatable bonds is 4. The Labute approximate surface area is 128 Å². The van der Waals surface area contributed by atoms with Crippen molar-refractivity contribution >= 4 is 22.1 Å². The molecule has 3 rings (SSSR count). The standard InChI is InChI=1S/C14H18O7S/c1-7(2)13(16)19-6-11(15)20-14(3)8-4-9-10(5-8)22(17,18)21-12(9)14/h8-10,12H,1,4-6H2,2-3H3/t8-,9?,10?,12?,14?/m0/s1. The number of carbonyl (C=O) groups excluding carboxylic acids is 2. The van der Waals surface area contributed by atoms with Crippen LogP contribution in [-0.2, 0) is 33.4 Å². The van der Waals surface area contributed by atoms with Gasteiger partial charge in [0.2, 0.25) is 0 Å². The topological polar surface area (TPSA) is 96.0 Å². The van der Waals surface area contributed by atoms with E-state index in [1.807, 2.05) is 0 Å². The number of carbonyl (C=O) groups is 2. The summed E-state index contributed by atoms with van der Waals surface area (Å²) in [6.07, 6.45) is 0.477. The fraction of sp³-hybridized carbons (Fsp3) is 0.714. The molecule has 122 valence electrons. The number of esters is 2. The van der Waals surface area contributed by atoms with Crippen LogP contribution in [0.25, 0.3) is 0 Å². The number of hydrogen-bond acceptors (Lipinski definition) is 7. The molecule has 2 saturated carbocycles. The summed E-state index contributed by atoms with van der Waals surface area (Å²) in [5.74, 6) is -1.56. The maximum Gasteiger partial charge on any atom is 0.344 e. The van der Waals surface area contributed by atoms with Crippen LogP contribution in [0.3, 0.4) is 0 Å². The molecule has 1 heterocycles. The Morgan fingerprint density at radius 3 is 2.68 bits per heavy atom. The van der Waals surface area contributed by atoms with Crippen molar-refractivity contribution in [1.82, 2.24) is 0 Å². The number of ether oxygens (including phenoxy) is 2. The third kappa shape index (κ3) is 2.16. The summed E-state index contributed by atoms with van der Waals surface area (Å²) in [6.45, 7) is 6.06. The second-order valence-corrected chi connectivity index (χ2v) is 8.18. The SMILES string of the molecule is C=C(C)C(=O)OCC(=O)OC1(C)C2OS(=O)(=O)C3C[C@@H]1CC23. The second-order valence-electron chi connectivity index (χ2n) is 6.39. The van der Waals surface area contributed by atoms with Gasteiger partial charge in [-0.05, 0) is 26.7 Å².